The highest BCUT2D eigenvalue weighted by molar-refractivity contribution is 6.04. The van der Waals surface area contributed by atoms with E-state index < -0.39 is 11.9 Å². The smallest absolute Gasteiger partial charge is 0.336 e. The first-order valence-electron chi connectivity index (χ1n) is 13.9. The van der Waals surface area contributed by atoms with Gasteiger partial charge in [-0.15, -0.1) is 0 Å². The van der Waals surface area contributed by atoms with E-state index in [0.29, 0.717) is 52.5 Å². The summed E-state index contributed by atoms with van der Waals surface area (Å²) in [5.41, 5.74) is 4.04. The van der Waals surface area contributed by atoms with Crippen LogP contribution in [0.5, 0.6) is 23.0 Å². The Morgan fingerprint density at radius 1 is 0.833 bits per heavy atom. The average Bonchev–Trinajstić information content (AvgIpc) is 3.02. The first-order valence-corrected chi connectivity index (χ1v) is 13.9. The van der Waals surface area contributed by atoms with Gasteiger partial charge in [-0.2, -0.15) is 0 Å². The zero-order valence-electron chi connectivity index (χ0n) is 24.3. The van der Waals surface area contributed by atoms with Crippen molar-refractivity contribution in [2.45, 2.75) is 31.6 Å². The van der Waals surface area contributed by atoms with E-state index in [1.165, 1.54) is 0 Å². The maximum absolute atomic E-state index is 14.0. The van der Waals surface area contributed by atoms with E-state index in [-0.39, 0.29) is 24.9 Å². The highest BCUT2D eigenvalue weighted by Crippen LogP contribution is 2.49. The maximum Gasteiger partial charge on any atom is 0.336 e. The number of carbonyl (C=O) groups is 2. The van der Waals surface area contributed by atoms with Crippen molar-refractivity contribution in [3.63, 3.8) is 0 Å². The fourth-order valence-corrected chi connectivity index (χ4v) is 5.76. The highest BCUT2D eigenvalue weighted by atomic mass is 16.6. The number of ketones is 1. The van der Waals surface area contributed by atoms with Crippen LogP contribution in [0.15, 0.2) is 95.3 Å². The number of hydrogen-bond acceptors (Lipinski definition) is 8. The van der Waals surface area contributed by atoms with Crippen molar-refractivity contribution >= 4 is 11.8 Å². The zero-order valence-corrected chi connectivity index (χ0v) is 24.3. The van der Waals surface area contributed by atoms with Crippen molar-refractivity contribution in [2.75, 3.05) is 34.5 Å². The minimum absolute atomic E-state index is 0.0149. The molecule has 1 aliphatic carbocycles. The highest BCUT2D eigenvalue weighted by Gasteiger charge is 2.43. The molecular weight excluding hydrogens is 534 g/mol. The molecule has 3 aromatic rings. The molecule has 42 heavy (non-hydrogen) atoms. The molecule has 0 radical (unpaired) electrons. The van der Waals surface area contributed by atoms with E-state index in [1.54, 1.807) is 27.4 Å². The molecule has 1 aliphatic heterocycles. The van der Waals surface area contributed by atoms with Gasteiger partial charge < -0.3 is 29.0 Å². The van der Waals surface area contributed by atoms with Crippen LogP contribution in [0.4, 0.5) is 0 Å². The molecule has 0 spiro atoms. The van der Waals surface area contributed by atoms with Crippen LogP contribution in [-0.4, -0.2) is 46.3 Å². The summed E-state index contributed by atoms with van der Waals surface area (Å²) in [6.07, 6.45) is 0.919. The van der Waals surface area contributed by atoms with Crippen LogP contribution in [0.25, 0.3) is 0 Å². The molecular formula is C34H35NO7. The van der Waals surface area contributed by atoms with Crippen LogP contribution in [-0.2, 0) is 14.3 Å². The lowest BCUT2D eigenvalue weighted by Crippen LogP contribution is -2.36. The normalized spacial score (nSPS) is 18.1. The van der Waals surface area contributed by atoms with Gasteiger partial charge in [0.2, 0.25) is 0 Å². The topological polar surface area (TPSA) is 92.3 Å². The first kappa shape index (κ1) is 28.8. The van der Waals surface area contributed by atoms with E-state index in [4.69, 9.17) is 23.7 Å². The predicted molar refractivity (Wildman–Crippen MR) is 158 cm³/mol. The van der Waals surface area contributed by atoms with Crippen molar-refractivity contribution in [2.24, 2.45) is 0 Å². The van der Waals surface area contributed by atoms with Crippen LogP contribution < -0.4 is 24.3 Å². The van der Waals surface area contributed by atoms with Gasteiger partial charge in [-0.25, -0.2) is 4.79 Å². The number of esters is 1. The standard InChI is InChI=1S/C34H35NO7/c1-21-30(34(37)42-18-17-41-25-9-6-5-7-10-25)31(26-11-8-12-29(39-3)33(26)40-4)32-27(35-21)19-23(20-28(32)36)22-13-15-24(38-2)16-14-22/h5-16,23,31,35H,17-20H2,1-4H3/t23-,31-/m0/s1. The van der Waals surface area contributed by atoms with Crippen molar-refractivity contribution in [1.82, 2.24) is 5.32 Å². The molecule has 1 heterocycles. The summed E-state index contributed by atoms with van der Waals surface area (Å²) in [6, 6.07) is 22.6. The van der Waals surface area contributed by atoms with Gasteiger partial charge in [-0.1, -0.05) is 42.5 Å². The Kier molecular flexibility index (Phi) is 8.81. The molecule has 1 N–H and O–H groups in total. The molecule has 8 heteroatoms. The Hall–Kier alpha value is -4.72. The van der Waals surface area contributed by atoms with Crippen LogP contribution in [0, 0.1) is 0 Å². The molecule has 0 bridgehead atoms. The average molecular weight is 570 g/mol. The molecule has 8 nitrogen and oxygen atoms in total. The summed E-state index contributed by atoms with van der Waals surface area (Å²) >= 11 is 0. The second-order valence-electron chi connectivity index (χ2n) is 10.2. The second kappa shape index (κ2) is 12.9. The number of para-hydroxylation sites is 2. The monoisotopic (exact) mass is 569 g/mol. The van der Waals surface area contributed by atoms with Crippen molar-refractivity contribution in [3.05, 3.63) is 106 Å². The zero-order chi connectivity index (χ0) is 29.6. The minimum Gasteiger partial charge on any atom is -0.497 e. The molecule has 0 aromatic heterocycles. The van der Waals surface area contributed by atoms with Gasteiger partial charge in [0, 0.05) is 29.0 Å². The van der Waals surface area contributed by atoms with Gasteiger partial charge in [0.05, 0.1) is 32.8 Å². The lowest BCUT2D eigenvalue weighted by Gasteiger charge is -2.37. The molecule has 0 saturated carbocycles. The Morgan fingerprint density at radius 2 is 1.60 bits per heavy atom. The van der Waals surface area contributed by atoms with Crippen LogP contribution in [0.2, 0.25) is 0 Å². The molecule has 0 fully saturated rings. The molecule has 2 aliphatic rings. The third kappa shape index (κ3) is 5.84. The minimum atomic E-state index is -0.696. The molecule has 0 saturated heterocycles. The van der Waals surface area contributed by atoms with Crippen molar-refractivity contribution in [1.29, 1.82) is 0 Å². The summed E-state index contributed by atoms with van der Waals surface area (Å²) < 4.78 is 28.1. The third-order valence-electron chi connectivity index (χ3n) is 7.71. The number of methoxy groups -OCH3 is 3. The van der Waals surface area contributed by atoms with Gasteiger partial charge in [-0.3, -0.25) is 4.79 Å². The van der Waals surface area contributed by atoms with Gasteiger partial charge in [-0.05, 0) is 55.2 Å². The fraction of sp³-hybridized carbons (Fsp3) is 0.294. The number of hydrogen-bond donors (Lipinski definition) is 1. The van der Waals surface area contributed by atoms with E-state index in [2.05, 4.69) is 5.32 Å². The lowest BCUT2D eigenvalue weighted by molar-refractivity contribution is -0.140. The summed E-state index contributed by atoms with van der Waals surface area (Å²) in [7, 11) is 4.74. The lowest BCUT2D eigenvalue weighted by atomic mass is 9.71. The summed E-state index contributed by atoms with van der Waals surface area (Å²) in [5.74, 6) is 1.16. The summed E-state index contributed by atoms with van der Waals surface area (Å²) in [5, 5.41) is 3.39. The number of allylic oxidation sites excluding steroid dienone is 3. The van der Waals surface area contributed by atoms with Gasteiger partial charge in [0.15, 0.2) is 17.3 Å². The van der Waals surface area contributed by atoms with Crippen LogP contribution in [0.1, 0.15) is 42.7 Å². The Balaban J connectivity index is 1.48. The maximum atomic E-state index is 14.0. The quantitative estimate of drug-likeness (QED) is 0.246. The number of benzene rings is 3. The van der Waals surface area contributed by atoms with Gasteiger partial charge in [0.1, 0.15) is 24.7 Å². The number of Topliss-reactive ketones (excluding diaryl/α,β-unsaturated/α-hetero) is 1. The molecule has 5 rings (SSSR count). The molecule has 3 aromatic carbocycles. The number of dihydropyridines is 1. The number of ether oxygens (including phenoxy) is 5. The van der Waals surface area contributed by atoms with Crippen molar-refractivity contribution < 1.29 is 33.3 Å². The SMILES string of the molecule is COc1ccc([C@@H]2CC(=O)C3=C(C2)NC(C)=C(C(=O)OCCOc2ccccc2)[C@@H]3c2cccc(OC)c2OC)cc1. The van der Waals surface area contributed by atoms with Crippen molar-refractivity contribution in [3.8, 4) is 23.0 Å². The van der Waals surface area contributed by atoms with Crippen LogP contribution in [0.3, 0.4) is 0 Å². The molecule has 0 unspecified atom stereocenters. The van der Waals surface area contributed by atoms with Crippen LogP contribution >= 0.6 is 0 Å². The predicted octanol–water partition coefficient (Wildman–Crippen LogP) is 5.70. The Bertz CT molecular complexity index is 1510. The molecule has 218 valence electrons. The Morgan fingerprint density at radius 3 is 2.29 bits per heavy atom. The number of nitrogens with one attached hydrogen (secondary N) is 1. The Labute approximate surface area is 245 Å². The number of carbonyl (C=O) groups excluding carboxylic acids is 2. The fourth-order valence-electron chi connectivity index (χ4n) is 5.76. The summed E-state index contributed by atoms with van der Waals surface area (Å²) in [4.78, 5) is 27.7. The largest absolute Gasteiger partial charge is 0.497 e. The van der Waals surface area contributed by atoms with Gasteiger partial charge >= 0.3 is 5.97 Å². The van der Waals surface area contributed by atoms with Gasteiger partial charge in [0.25, 0.3) is 0 Å². The number of rotatable bonds is 10. The summed E-state index contributed by atoms with van der Waals surface area (Å²) in [6.45, 7) is 2.08. The molecule has 2 atom stereocenters. The first-order chi connectivity index (χ1) is 20.4. The molecule has 0 amide bonds. The van der Waals surface area contributed by atoms with E-state index in [9.17, 15) is 9.59 Å². The second-order valence-corrected chi connectivity index (χ2v) is 10.2. The van der Waals surface area contributed by atoms with E-state index in [1.807, 2.05) is 73.7 Å². The third-order valence-corrected chi connectivity index (χ3v) is 7.71. The van der Waals surface area contributed by atoms with E-state index >= 15 is 0 Å². The van der Waals surface area contributed by atoms with E-state index in [0.717, 1.165) is 17.0 Å².